The van der Waals surface area contributed by atoms with E-state index in [2.05, 4.69) is 35.5 Å². The van der Waals surface area contributed by atoms with Gasteiger partial charge in [0.25, 0.3) is 0 Å². The number of rotatable bonds is 10. The molecule has 1 saturated carbocycles. The monoisotopic (exact) mass is 489 g/mol. The largest absolute Gasteiger partial charge is 0.378 e. The Hall–Kier alpha value is -1.85. The number of carbonyl (C=O) groups is 2. The van der Waals surface area contributed by atoms with Gasteiger partial charge in [0.1, 0.15) is 11.6 Å². The van der Waals surface area contributed by atoms with Gasteiger partial charge < -0.3 is 25.2 Å². The fraction of sp³-hybridized carbons (Fsp3) is 0.889. The lowest BCUT2D eigenvalue weighted by molar-refractivity contribution is -0.125. The van der Waals surface area contributed by atoms with Gasteiger partial charge in [-0.2, -0.15) is 5.26 Å². The second-order valence-electron chi connectivity index (χ2n) is 10.8. The molecule has 8 heteroatoms. The number of likely N-dealkylation sites (tertiary alicyclic amines) is 1. The Labute approximate surface area is 212 Å². The lowest BCUT2D eigenvalue weighted by atomic mass is 9.81. The summed E-state index contributed by atoms with van der Waals surface area (Å²) in [6, 6.07) is 1.99. The van der Waals surface area contributed by atoms with E-state index in [-0.39, 0.29) is 11.9 Å². The van der Waals surface area contributed by atoms with E-state index in [0.29, 0.717) is 57.5 Å². The number of ether oxygens (including phenoxy) is 1. The van der Waals surface area contributed by atoms with Gasteiger partial charge in [-0.05, 0) is 44.6 Å². The number of nitriles is 1. The highest BCUT2D eigenvalue weighted by molar-refractivity contribution is 5.87. The maximum Gasteiger partial charge on any atom is 0.318 e. The summed E-state index contributed by atoms with van der Waals surface area (Å²) in [5.74, 6) is 0.239. The van der Waals surface area contributed by atoms with Crippen LogP contribution in [0.25, 0.3) is 0 Å². The van der Waals surface area contributed by atoms with Crippen molar-refractivity contribution >= 4 is 11.9 Å². The fourth-order valence-electron chi connectivity index (χ4n) is 6.02. The SMILES string of the molecule is CCCCC1CC(C#N)(NC(=O)C(CC2CCCCC2)NC(=O)N2CCOCC2)CCN1CCC. The first-order valence-corrected chi connectivity index (χ1v) is 14.1. The van der Waals surface area contributed by atoms with E-state index in [4.69, 9.17) is 4.74 Å². The summed E-state index contributed by atoms with van der Waals surface area (Å²) in [5.41, 5.74) is -0.867. The molecule has 0 aromatic rings. The minimum Gasteiger partial charge on any atom is -0.378 e. The zero-order chi connectivity index (χ0) is 25.1. The molecule has 3 rings (SSSR count). The van der Waals surface area contributed by atoms with Gasteiger partial charge in [-0.25, -0.2) is 4.79 Å². The van der Waals surface area contributed by atoms with Gasteiger partial charge in [0.15, 0.2) is 0 Å². The molecule has 1 aliphatic carbocycles. The molecule has 3 amide bonds. The molecule has 2 N–H and O–H groups in total. The molecule has 3 fully saturated rings. The van der Waals surface area contributed by atoms with Crippen molar-refractivity contribution in [1.29, 1.82) is 5.26 Å². The van der Waals surface area contributed by atoms with Gasteiger partial charge in [0.2, 0.25) is 5.91 Å². The first-order chi connectivity index (χ1) is 17.0. The van der Waals surface area contributed by atoms with Gasteiger partial charge in [0.05, 0.1) is 19.3 Å². The summed E-state index contributed by atoms with van der Waals surface area (Å²) in [6.45, 7) is 8.37. The number of nitrogens with one attached hydrogen (secondary N) is 2. The lowest BCUT2D eigenvalue weighted by Gasteiger charge is -2.44. The molecule has 35 heavy (non-hydrogen) atoms. The third-order valence-corrected chi connectivity index (χ3v) is 8.11. The maximum absolute atomic E-state index is 13.7. The Morgan fingerprint density at radius 2 is 1.86 bits per heavy atom. The van der Waals surface area contributed by atoms with Gasteiger partial charge >= 0.3 is 6.03 Å². The molecule has 0 spiro atoms. The minimum atomic E-state index is -0.867. The number of morpholine rings is 1. The van der Waals surface area contributed by atoms with Crippen LogP contribution in [-0.2, 0) is 9.53 Å². The molecule has 2 saturated heterocycles. The van der Waals surface area contributed by atoms with E-state index in [9.17, 15) is 14.9 Å². The molecular formula is C27H47N5O3. The third-order valence-electron chi connectivity index (χ3n) is 8.11. The van der Waals surface area contributed by atoms with E-state index in [1.54, 1.807) is 4.90 Å². The highest BCUT2D eigenvalue weighted by Crippen LogP contribution is 2.31. The average Bonchev–Trinajstić information content (AvgIpc) is 2.89. The van der Waals surface area contributed by atoms with Crippen molar-refractivity contribution in [3.05, 3.63) is 0 Å². The maximum atomic E-state index is 13.7. The average molecular weight is 490 g/mol. The Bertz CT molecular complexity index is 714. The Morgan fingerprint density at radius 1 is 1.11 bits per heavy atom. The van der Waals surface area contributed by atoms with Crippen LogP contribution in [0.5, 0.6) is 0 Å². The zero-order valence-electron chi connectivity index (χ0n) is 22.0. The van der Waals surface area contributed by atoms with Crippen molar-refractivity contribution < 1.29 is 14.3 Å². The standard InChI is InChI=1S/C27H47N5O3/c1-3-5-11-23-20-27(21-28,12-14-31(23)13-4-2)30-25(33)24(19-22-9-7-6-8-10-22)29-26(34)32-15-17-35-18-16-32/h22-24H,3-20H2,1-2H3,(H,29,34)(H,30,33). The lowest BCUT2D eigenvalue weighted by Crippen LogP contribution is -2.62. The zero-order valence-corrected chi connectivity index (χ0v) is 22.0. The number of carbonyl (C=O) groups excluding carboxylic acids is 2. The smallest absolute Gasteiger partial charge is 0.318 e. The molecule has 0 aromatic carbocycles. The van der Waals surface area contributed by atoms with Crippen LogP contribution in [0.2, 0.25) is 0 Å². The third kappa shape index (κ3) is 8.08. The second kappa shape index (κ2) is 14.0. The van der Waals surface area contributed by atoms with Crippen LogP contribution in [0.1, 0.15) is 90.9 Å². The molecule has 3 unspecified atom stereocenters. The minimum absolute atomic E-state index is 0.197. The quantitative estimate of drug-likeness (QED) is 0.486. The normalized spacial score (nSPS) is 27.1. The van der Waals surface area contributed by atoms with E-state index in [0.717, 1.165) is 51.6 Å². The van der Waals surface area contributed by atoms with Crippen LogP contribution in [0.15, 0.2) is 0 Å². The van der Waals surface area contributed by atoms with Crippen LogP contribution >= 0.6 is 0 Å². The molecule has 0 aromatic heterocycles. The van der Waals surface area contributed by atoms with Crippen LogP contribution in [0.3, 0.4) is 0 Å². The summed E-state index contributed by atoms with van der Waals surface area (Å²) in [6.07, 6.45) is 12.1. The summed E-state index contributed by atoms with van der Waals surface area (Å²) in [7, 11) is 0. The molecular weight excluding hydrogens is 442 g/mol. The predicted octanol–water partition coefficient (Wildman–Crippen LogP) is 3.81. The summed E-state index contributed by atoms with van der Waals surface area (Å²) >= 11 is 0. The summed E-state index contributed by atoms with van der Waals surface area (Å²) < 4.78 is 5.38. The molecule has 2 aliphatic heterocycles. The number of hydrogen-bond donors (Lipinski definition) is 2. The molecule has 3 atom stereocenters. The molecule has 3 aliphatic rings. The number of hydrogen-bond acceptors (Lipinski definition) is 5. The number of urea groups is 1. The molecule has 0 bridgehead atoms. The number of piperidine rings is 1. The Balaban J connectivity index is 1.70. The van der Waals surface area contributed by atoms with Crippen molar-refractivity contribution in [2.75, 3.05) is 39.4 Å². The highest BCUT2D eigenvalue weighted by Gasteiger charge is 2.42. The molecule has 2 heterocycles. The van der Waals surface area contributed by atoms with E-state index in [1.807, 2.05) is 0 Å². The summed E-state index contributed by atoms with van der Waals surface area (Å²) in [5, 5.41) is 16.4. The second-order valence-corrected chi connectivity index (χ2v) is 10.8. The number of unbranched alkanes of at least 4 members (excludes halogenated alkanes) is 1. The van der Waals surface area contributed by atoms with E-state index >= 15 is 0 Å². The summed E-state index contributed by atoms with van der Waals surface area (Å²) in [4.78, 5) is 30.9. The van der Waals surface area contributed by atoms with Gasteiger partial charge in [-0.1, -0.05) is 58.8 Å². The molecule has 198 valence electrons. The Morgan fingerprint density at radius 3 is 2.51 bits per heavy atom. The number of amides is 3. The first kappa shape index (κ1) is 27.7. The topological polar surface area (TPSA) is 97.7 Å². The predicted molar refractivity (Wildman–Crippen MR) is 137 cm³/mol. The molecule has 8 nitrogen and oxygen atoms in total. The van der Waals surface area contributed by atoms with Crippen molar-refractivity contribution in [1.82, 2.24) is 20.4 Å². The van der Waals surface area contributed by atoms with Crippen molar-refractivity contribution in [3.8, 4) is 6.07 Å². The first-order valence-electron chi connectivity index (χ1n) is 14.1. The van der Waals surface area contributed by atoms with Crippen LogP contribution in [-0.4, -0.2) is 78.8 Å². The van der Waals surface area contributed by atoms with Crippen LogP contribution < -0.4 is 10.6 Å². The van der Waals surface area contributed by atoms with Gasteiger partial charge in [0, 0.05) is 25.7 Å². The van der Waals surface area contributed by atoms with Crippen molar-refractivity contribution in [2.24, 2.45) is 5.92 Å². The van der Waals surface area contributed by atoms with Gasteiger partial charge in [-0.3, -0.25) is 4.79 Å². The van der Waals surface area contributed by atoms with E-state index in [1.165, 1.54) is 19.3 Å². The van der Waals surface area contributed by atoms with E-state index < -0.39 is 11.6 Å². The Kier molecular flexibility index (Phi) is 11.1. The van der Waals surface area contributed by atoms with Crippen molar-refractivity contribution in [2.45, 2.75) is 109 Å². The van der Waals surface area contributed by atoms with Crippen LogP contribution in [0, 0.1) is 17.2 Å². The highest BCUT2D eigenvalue weighted by atomic mass is 16.5. The molecule has 0 radical (unpaired) electrons. The van der Waals surface area contributed by atoms with Gasteiger partial charge in [-0.15, -0.1) is 0 Å². The fourth-order valence-corrected chi connectivity index (χ4v) is 6.02. The van der Waals surface area contributed by atoms with Crippen molar-refractivity contribution in [3.63, 3.8) is 0 Å². The number of nitrogens with zero attached hydrogens (tertiary/aromatic N) is 3. The van der Waals surface area contributed by atoms with Crippen LogP contribution in [0.4, 0.5) is 4.79 Å².